The van der Waals surface area contributed by atoms with Crippen LogP contribution in [-0.4, -0.2) is 92.9 Å². The third-order valence-corrected chi connectivity index (χ3v) is 9.74. The van der Waals surface area contributed by atoms with Crippen LogP contribution in [0.1, 0.15) is 46.5 Å². The first-order chi connectivity index (χ1) is 16.2. The van der Waals surface area contributed by atoms with Crippen LogP contribution in [0.3, 0.4) is 0 Å². The molecule has 190 valence electrons. The van der Waals surface area contributed by atoms with Crippen LogP contribution in [0.2, 0.25) is 0 Å². The Hall–Kier alpha value is -1.80. The molecule has 8 heteroatoms. The molecule has 3 aliphatic rings. The Morgan fingerprint density at radius 2 is 1.94 bits per heavy atom. The quantitative estimate of drug-likeness (QED) is 0.425. The van der Waals surface area contributed by atoms with Crippen molar-refractivity contribution < 1.29 is 19.5 Å². The lowest BCUT2D eigenvalue weighted by Crippen LogP contribution is -2.58. The maximum Gasteiger partial charge on any atom is 0.247 e. The molecule has 3 saturated heterocycles. The highest BCUT2D eigenvalue weighted by Gasteiger charge is 2.74. The maximum absolute atomic E-state index is 14.2. The summed E-state index contributed by atoms with van der Waals surface area (Å²) in [6.07, 6.45) is 6.78. The van der Waals surface area contributed by atoms with Crippen molar-refractivity contribution in [2.24, 2.45) is 17.8 Å². The molecule has 0 saturated carbocycles. The normalized spacial score (nSPS) is 30.4. The molecule has 0 aromatic rings. The lowest BCUT2D eigenvalue weighted by molar-refractivity contribution is -0.147. The Bertz CT molecular complexity index is 818. The van der Waals surface area contributed by atoms with Crippen molar-refractivity contribution in [1.29, 1.82) is 0 Å². The smallest absolute Gasteiger partial charge is 0.247 e. The van der Waals surface area contributed by atoms with Crippen LogP contribution >= 0.6 is 11.8 Å². The number of aliphatic hydroxyl groups is 1. The second-order valence-electron chi connectivity index (χ2n) is 10.2. The van der Waals surface area contributed by atoms with E-state index < -0.39 is 28.7 Å². The largest absolute Gasteiger partial charge is 0.394 e. The molecule has 0 aliphatic carbocycles. The van der Waals surface area contributed by atoms with E-state index in [2.05, 4.69) is 20.1 Å². The summed E-state index contributed by atoms with van der Waals surface area (Å²) in [6.45, 7) is 14.8. The average molecular weight is 492 g/mol. The van der Waals surface area contributed by atoms with E-state index in [4.69, 9.17) is 0 Å². The van der Waals surface area contributed by atoms with Gasteiger partial charge in [0.05, 0.1) is 29.2 Å². The molecule has 3 heterocycles. The molecule has 1 N–H and O–H groups in total. The highest BCUT2D eigenvalue weighted by atomic mass is 32.2. The zero-order valence-corrected chi connectivity index (χ0v) is 21.9. The number of rotatable bonds is 12. The predicted molar refractivity (Wildman–Crippen MR) is 136 cm³/mol. The number of carbonyl (C=O) groups is 3. The first-order valence-electron chi connectivity index (χ1n) is 12.6. The van der Waals surface area contributed by atoms with Gasteiger partial charge in [0.2, 0.25) is 17.7 Å². The Balaban J connectivity index is 2.08. The van der Waals surface area contributed by atoms with E-state index in [1.807, 2.05) is 13.8 Å². The molecular weight excluding hydrogens is 450 g/mol. The Kier molecular flexibility index (Phi) is 8.56. The molecule has 34 heavy (non-hydrogen) atoms. The predicted octanol–water partition coefficient (Wildman–Crippen LogP) is 2.55. The standard InChI is InChI=1S/C26H41N3O4S/c1-7-10-15-28(14-9-3)25(33)22-26-12-11-19(34-26)20(23(31)27(6)13-8-2)21(26)24(32)29(22)18(16-30)17(4)5/h8-9,17-22,30H,2-3,7,10-16H2,1,4-6H3/t18-,19+,20-,21-,22?,26?/m0/s1. The molecule has 3 rings (SSSR count). The number of thioether (sulfide) groups is 1. The average Bonchev–Trinajstić information content (AvgIpc) is 3.44. The molecule has 0 aromatic carbocycles. The van der Waals surface area contributed by atoms with E-state index in [0.29, 0.717) is 19.6 Å². The fraction of sp³-hybridized carbons (Fsp3) is 0.731. The van der Waals surface area contributed by atoms with Crippen molar-refractivity contribution in [3.63, 3.8) is 0 Å². The number of likely N-dealkylation sites (tertiary alicyclic amines) is 1. The Morgan fingerprint density at radius 3 is 2.50 bits per heavy atom. The topological polar surface area (TPSA) is 81.2 Å². The van der Waals surface area contributed by atoms with Crippen molar-refractivity contribution in [3.05, 3.63) is 25.3 Å². The van der Waals surface area contributed by atoms with Gasteiger partial charge in [-0.2, -0.15) is 0 Å². The van der Waals surface area contributed by atoms with Crippen LogP contribution < -0.4 is 0 Å². The number of hydrogen-bond acceptors (Lipinski definition) is 5. The van der Waals surface area contributed by atoms with Gasteiger partial charge >= 0.3 is 0 Å². The van der Waals surface area contributed by atoms with E-state index in [0.717, 1.165) is 25.7 Å². The highest BCUT2D eigenvalue weighted by molar-refractivity contribution is 8.02. The molecule has 6 atom stereocenters. The van der Waals surface area contributed by atoms with E-state index in [1.165, 1.54) is 0 Å². The minimum atomic E-state index is -0.682. The first-order valence-corrected chi connectivity index (χ1v) is 13.4. The zero-order valence-electron chi connectivity index (χ0n) is 21.1. The van der Waals surface area contributed by atoms with Gasteiger partial charge in [0.25, 0.3) is 0 Å². The van der Waals surface area contributed by atoms with Gasteiger partial charge in [0, 0.05) is 31.9 Å². The van der Waals surface area contributed by atoms with Crippen molar-refractivity contribution in [1.82, 2.24) is 14.7 Å². The molecule has 7 nitrogen and oxygen atoms in total. The maximum atomic E-state index is 14.2. The second kappa shape index (κ2) is 10.9. The summed E-state index contributed by atoms with van der Waals surface area (Å²) in [4.78, 5) is 46.9. The van der Waals surface area contributed by atoms with Crippen LogP contribution in [0, 0.1) is 17.8 Å². The van der Waals surface area contributed by atoms with Crippen LogP contribution in [-0.2, 0) is 14.4 Å². The van der Waals surface area contributed by atoms with Gasteiger partial charge < -0.3 is 19.8 Å². The Morgan fingerprint density at radius 1 is 1.26 bits per heavy atom. The van der Waals surface area contributed by atoms with Crippen molar-refractivity contribution >= 4 is 29.5 Å². The van der Waals surface area contributed by atoms with Gasteiger partial charge in [-0.25, -0.2) is 0 Å². The third-order valence-electron chi connectivity index (χ3n) is 7.79. The summed E-state index contributed by atoms with van der Waals surface area (Å²) >= 11 is 1.67. The Labute approximate surface area is 208 Å². The van der Waals surface area contributed by atoms with E-state index in [-0.39, 0.29) is 35.5 Å². The summed E-state index contributed by atoms with van der Waals surface area (Å²) in [5.41, 5.74) is 0. The molecule has 3 fully saturated rings. The second-order valence-corrected chi connectivity index (χ2v) is 11.8. The van der Waals surface area contributed by atoms with Crippen molar-refractivity contribution in [3.8, 4) is 0 Å². The SMILES string of the molecule is C=CCN(C)C(=O)[C@@H]1[C@H]2C(=O)N([C@@H](CO)C(C)C)C(C(=O)N(CC=C)CCCC)C23CC[C@H]1S3. The molecule has 0 aromatic heterocycles. The lowest BCUT2D eigenvalue weighted by atomic mass is 9.70. The summed E-state index contributed by atoms with van der Waals surface area (Å²) in [5, 5.41) is 10.3. The number of aliphatic hydroxyl groups excluding tert-OH is 1. The molecule has 3 amide bonds. The summed E-state index contributed by atoms with van der Waals surface area (Å²) in [6, 6.07) is -1.15. The monoisotopic (exact) mass is 491 g/mol. The zero-order chi connectivity index (χ0) is 25.2. The molecule has 1 spiro atoms. The highest BCUT2D eigenvalue weighted by Crippen LogP contribution is 2.67. The van der Waals surface area contributed by atoms with E-state index in [1.54, 1.807) is 45.7 Å². The number of nitrogens with zero attached hydrogens (tertiary/aromatic N) is 3. The van der Waals surface area contributed by atoms with Gasteiger partial charge in [-0.05, 0) is 25.2 Å². The lowest BCUT2D eigenvalue weighted by Gasteiger charge is -2.40. The molecular formula is C26H41N3O4S. The van der Waals surface area contributed by atoms with E-state index in [9.17, 15) is 19.5 Å². The van der Waals surface area contributed by atoms with Gasteiger partial charge in [-0.3, -0.25) is 14.4 Å². The third kappa shape index (κ3) is 4.32. The number of hydrogen-bond donors (Lipinski definition) is 1. The summed E-state index contributed by atoms with van der Waals surface area (Å²) in [7, 11) is 1.74. The molecule has 0 radical (unpaired) electrons. The van der Waals surface area contributed by atoms with Gasteiger partial charge in [-0.1, -0.05) is 39.3 Å². The fourth-order valence-electron chi connectivity index (χ4n) is 6.14. The summed E-state index contributed by atoms with van der Waals surface area (Å²) < 4.78 is -0.637. The molecule has 2 bridgehead atoms. The number of unbranched alkanes of at least 4 members (excludes halogenated alkanes) is 1. The number of likely N-dealkylation sites (N-methyl/N-ethyl adjacent to an activating group) is 1. The van der Waals surface area contributed by atoms with Crippen LogP contribution in [0.15, 0.2) is 25.3 Å². The molecule has 3 aliphatic heterocycles. The molecule has 2 unspecified atom stereocenters. The van der Waals surface area contributed by atoms with Crippen molar-refractivity contribution in [2.45, 2.75) is 68.5 Å². The fourth-order valence-corrected chi connectivity index (χ4v) is 8.33. The summed E-state index contributed by atoms with van der Waals surface area (Å²) in [5.74, 6) is -1.31. The minimum Gasteiger partial charge on any atom is -0.394 e. The number of amides is 3. The van der Waals surface area contributed by atoms with Crippen LogP contribution in [0.5, 0.6) is 0 Å². The van der Waals surface area contributed by atoms with Gasteiger partial charge in [0.15, 0.2) is 0 Å². The number of fused-ring (bicyclic) bond motifs is 1. The van der Waals surface area contributed by atoms with Gasteiger partial charge in [-0.15, -0.1) is 24.9 Å². The van der Waals surface area contributed by atoms with E-state index >= 15 is 0 Å². The number of carbonyl (C=O) groups excluding carboxylic acids is 3. The minimum absolute atomic E-state index is 0.0252. The van der Waals surface area contributed by atoms with Crippen LogP contribution in [0.25, 0.3) is 0 Å². The van der Waals surface area contributed by atoms with Gasteiger partial charge in [0.1, 0.15) is 6.04 Å². The van der Waals surface area contributed by atoms with Crippen molar-refractivity contribution in [2.75, 3.05) is 33.3 Å². The van der Waals surface area contributed by atoms with Crippen LogP contribution in [0.4, 0.5) is 0 Å². The first kappa shape index (κ1) is 26.8.